The fourth-order valence-corrected chi connectivity index (χ4v) is 2.19. The predicted octanol–water partition coefficient (Wildman–Crippen LogP) is 1.79. The molecular weight excluding hydrogens is 393 g/mol. The van der Waals surface area contributed by atoms with Gasteiger partial charge in [-0.2, -0.15) is 5.10 Å². The Morgan fingerprint density at radius 2 is 2.00 bits per heavy atom. The summed E-state index contributed by atoms with van der Waals surface area (Å²) in [4.78, 5) is 4.48. The Labute approximate surface area is 151 Å². The predicted molar refractivity (Wildman–Crippen MR) is 102 cm³/mol. The third-order valence-electron chi connectivity index (χ3n) is 3.38. The molecule has 0 aliphatic carbocycles. The molecule has 0 atom stereocenters. The van der Waals surface area contributed by atoms with Crippen LogP contribution >= 0.6 is 24.0 Å². The largest absolute Gasteiger partial charge is 0.380 e. The molecule has 0 fully saturated rings. The summed E-state index contributed by atoms with van der Waals surface area (Å²) in [6, 6.07) is 0. The van der Waals surface area contributed by atoms with Crippen molar-refractivity contribution in [3.8, 4) is 0 Å². The smallest absolute Gasteiger partial charge is 0.191 e. The average molecular weight is 423 g/mol. The van der Waals surface area contributed by atoms with Crippen LogP contribution in [0.5, 0.6) is 0 Å². The van der Waals surface area contributed by atoms with Gasteiger partial charge in [-0.15, -0.1) is 24.0 Å². The maximum atomic E-state index is 5.30. The van der Waals surface area contributed by atoms with Crippen molar-refractivity contribution in [3.63, 3.8) is 0 Å². The van der Waals surface area contributed by atoms with Gasteiger partial charge in [0.2, 0.25) is 0 Å². The van der Waals surface area contributed by atoms with Crippen molar-refractivity contribution in [1.29, 1.82) is 0 Å². The summed E-state index contributed by atoms with van der Waals surface area (Å²) in [5, 5.41) is 11.0. The normalized spacial score (nSPS) is 11.2. The molecule has 0 bridgehead atoms. The number of hydrogen-bond acceptors (Lipinski definition) is 3. The van der Waals surface area contributed by atoms with Crippen molar-refractivity contribution in [3.05, 3.63) is 17.0 Å². The van der Waals surface area contributed by atoms with Crippen LogP contribution in [0.15, 0.2) is 4.99 Å². The highest BCUT2D eigenvalue weighted by Gasteiger charge is 2.08. The number of nitrogens with zero attached hydrogens (tertiary/aromatic N) is 3. The van der Waals surface area contributed by atoms with Gasteiger partial charge in [-0.25, -0.2) is 0 Å². The summed E-state index contributed by atoms with van der Waals surface area (Å²) >= 11 is 0. The van der Waals surface area contributed by atoms with Gasteiger partial charge in [0.25, 0.3) is 0 Å². The number of aryl methyl sites for hydroxylation is 2. The van der Waals surface area contributed by atoms with E-state index in [1.165, 1.54) is 11.3 Å². The van der Waals surface area contributed by atoms with E-state index < -0.39 is 0 Å². The zero-order chi connectivity index (χ0) is 15.7. The molecule has 0 aromatic carbocycles. The van der Waals surface area contributed by atoms with Crippen LogP contribution in [0.3, 0.4) is 0 Å². The van der Waals surface area contributed by atoms with E-state index >= 15 is 0 Å². The van der Waals surface area contributed by atoms with Crippen LogP contribution in [0, 0.1) is 13.8 Å². The van der Waals surface area contributed by atoms with E-state index in [4.69, 9.17) is 4.74 Å². The second kappa shape index (κ2) is 11.7. The topological polar surface area (TPSA) is 63.5 Å². The number of hydrogen-bond donors (Lipinski definition) is 2. The van der Waals surface area contributed by atoms with Crippen LogP contribution in [-0.2, 0) is 18.2 Å². The Balaban J connectivity index is 0.00000441. The van der Waals surface area contributed by atoms with Gasteiger partial charge in [0.15, 0.2) is 5.96 Å². The lowest BCUT2D eigenvalue weighted by Gasteiger charge is -2.11. The number of ether oxygens (including phenoxy) is 1. The second-order valence-corrected chi connectivity index (χ2v) is 4.91. The van der Waals surface area contributed by atoms with Crippen molar-refractivity contribution >= 4 is 29.9 Å². The molecule has 7 heteroatoms. The van der Waals surface area contributed by atoms with Crippen LogP contribution in [0.25, 0.3) is 0 Å². The third-order valence-corrected chi connectivity index (χ3v) is 3.38. The minimum absolute atomic E-state index is 0. The van der Waals surface area contributed by atoms with Gasteiger partial charge in [0, 0.05) is 32.4 Å². The molecule has 2 N–H and O–H groups in total. The minimum atomic E-state index is 0. The van der Waals surface area contributed by atoms with Gasteiger partial charge in [-0.1, -0.05) is 0 Å². The lowest BCUT2D eigenvalue weighted by Crippen LogP contribution is -2.38. The Morgan fingerprint density at radius 1 is 1.27 bits per heavy atom. The van der Waals surface area contributed by atoms with Crippen molar-refractivity contribution in [1.82, 2.24) is 20.4 Å². The van der Waals surface area contributed by atoms with E-state index in [1.807, 2.05) is 18.7 Å². The van der Waals surface area contributed by atoms with Gasteiger partial charge in [-0.05, 0) is 39.7 Å². The summed E-state index contributed by atoms with van der Waals surface area (Å²) < 4.78 is 7.23. The number of aromatic nitrogens is 2. The number of rotatable bonds is 8. The first-order chi connectivity index (χ1) is 10.1. The highest BCUT2D eigenvalue weighted by Crippen LogP contribution is 2.11. The minimum Gasteiger partial charge on any atom is -0.380 e. The number of guanidine groups is 1. The van der Waals surface area contributed by atoms with E-state index in [-0.39, 0.29) is 24.0 Å². The molecule has 6 nitrogen and oxygen atoms in total. The quantitative estimate of drug-likeness (QED) is 0.290. The Morgan fingerprint density at radius 3 is 2.55 bits per heavy atom. The second-order valence-electron chi connectivity index (χ2n) is 4.91. The van der Waals surface area contributed by atoms with Crippen LogP contribution in [0.1, 0.15) is 30.8 Å². The van der Waals surface area contributed by atoms with Crippen molar-refractivity contribution in [2.45, 2.75) is 34.1 Å². The van der Waals surface area contributed by atoms with Gasteiger partial charge >= 0.3 is 0 Å². The Bertz CT molecular complexity index is 459. The maximum absolute atomic E-state index is 5.30. The molecule has 128 valence electrons. The van der Waals surface area contributed by atoms with Crippen molar-refractivity contribution in [2.75, 3.05) is 32.8 Å². The third kappa shape index (κ3) is 6.95. The van der Waals surface area contributed by atoms with Gasteiger partial charge < -0.3 is 15.4 Å². The lowest BCUT2D eigenvalue weighted by molar-refractivity contribution is 0.155. The molecule has 0 amide bonds. The van der Waals surface area contributed by atoms with Crippen molar-refractivity contribution < 1.29 is 4.74 Å². The fraction of sp³-hybridized carbons (Fsp3) is 0.733. The van der Waals surface area contributed by atoms with E-state index in [1.54, 1.807) is 0 Å². The monoisotopic (exact) mass is 423 g/mol. The fourth-order valence-electron chi connectivity index (χ4n) is 2.19. The maximum Gasteiger partial charge on any atom is 0.191 e. The molecule has 0 radical (unpaired) electrons. The number of nitrogens with one attached hydrogen (secondary N) is 2. The standard InChI is InChI=1S/C15H29N5O.HI/c1-6-16-15(18-10-11-21-7-2)17-9-8-14-12(3)19-20(5)13(14)4;/h6-11H2,1-5H3,(H2,16,17,18);1H. The molecule has 1 rings (SSSR count). The highest BCUT2D eigenvalue weighted by atomic mass is 127. The van der Waals surface area contributed by atoms with E-state index in [0.29, 0.717) is 13.2 Å². The Kier molecular flexibility index (Phi) is 11.3. The molecule has 1 aromatic rings. The number of aliphatic imine (C=N–C) groups is 1. The molecular formula is C15H30IN5O. The zero-order valence-corrected chi connectivity index (χ0v) is 16.7. The van der Waals surface area contributed by atoms with Gasteiger partial charge in [0.05, 0.1) is 18.8 Å². The van der Waals surface area contributed by atoms with Crippen LogP contribution in [0.4, 0.5) is 0 Å². The summed E-state index contributed by atoms with van der Waals surface area (Å²) in [7, 11) is 1.98. The van der Waals surface area contributed by atoms with Crippen LogP contribution < -0.4 is 10.6 Å². The average Bonchev–Trinajstić information content (AvgIpc) is 2.69. The molecule has 0 aliphatic rings. The summed E-state index contributed by atoms with van der Waals surface area (Å²) in [5.74, 6) is 0.844. The van der Waals surface area contributed by atoms with E-state index in [0.717, 1.165) is 37.8 Å². The SMILES string of the molecule is CCNC(=NCCOCC)NCCc1c(C)nn(C)c1C.I. The summed E-state index contributed by atoms with van der Waals surface area (Å²) in [6.45, 7) is 12.0. The first-order valence-electron chi connectivity index (χ1n) is 7.69. The molecule has 1 aromatic heterocycles. The summed E-state index contributed by atoms with van der Waals surface area (Å²) in [5.41, 5.74) is 3.65. The first kappa shape index (κ1) is 21.2. The molecule has 0 saturated carbocycles. The molecule has 0 spiro atoms. The molecule has 1 heterocycles. The Hall–Kier alpha value is -0.830. The molecule has 0 aliphatic heterocycles. The van der Waals surface area contributed by atoms with Crippen LogP contribution in [-0.4, -0.2) is 48.6 Å². The van der Waals surface area contributed by atoms with Gasteiger partial charge in [0.1, 0.15) is 0 Å². The highest BCUT2D eigenvalue weighted by molar-refractivity contribution is 14.0. The van der Waals surface area contributed by atoms with Gasteiger partial charge in [-0.3, -0.25) is 9.67 Å². The summed E-state index contributed by atoms with van der Waals surface area (Å²) in [6.07, 6.45) is 0.946. The lowest BCUT2D eigenvalue weighted by atomic mass is 10.1. The van der Waals surface area contributed by atoms with Crippen LogP contribution in [0.2, 0.25) is 0 Å². The first-order valence-corrected chi connectivity index (χ1v) is 7.69. The molecule has 22 heavy (non-hydrogen) atoms. The van der Waals surface area contributed by atoms with E-state index in [2.05, 4.69) is 41.5 Å². The number of halogens is 1. The zero-order valence-electron chi connectivity index (χ0n) is 14.4. The molecule has 0 unspecified atom stereocenters. The molecule has 0 saturated heterocycles. The van der Waals surface area contributed by atoms with Crippen molar-refractivity contribution in [2.24, 2.45) is 12.0 Å². The van der Waals surface area contributed by atoms with E-state index in [9.17, 15) is 0 Å².